The zero-order chi connectivity index (χ0) is 17.0. The highest BCUT2D eigenvalue weighted by Gasteiger charge is 2.31. The first kappa shape index (κ1) is 16.9. The van der Waals surface area contributed by atoms with Crippen molar-refractivity contribution in [2.75, 3.05) is 0 Å². The summed E-state index contributed by atoms with van der Waals surface area (Å²) in [6.45, 7) is 0. The molecule has 1 amide bonds. The standard InChI is InChI=1S/C15H11F5N2O/c16-13(17)14(23)22-12(10-4-2-6-21-8-10)9-3-1-5-11(7-9)15(18,19)20/h1-8,12-13H,(H,22,23)/t12-/m1/s1. The van der Waals surface area contributed by atoms with Gasteiger partial charge >= 0.3 is 12.6 Å². The summed E-state index contributed by atoms with van der Waals surface area (Å²) >= 11 is 0. The molecule has 1 aromatic carbocycles. The molecule has 23 heavy (non-hydrogen) atoms. The highest BCUT2D eigenvalue weighted by atomic mass is 19.4. The first-order chi connectivity index (χ1) is 10.8. The van der Waals surface area contributed by atoms with Gasteiger partial charge in [-0.15, -0.1) is 0 Å². The van der Waals surface area contributed by atoms with Crippen molar-refractivity contribution in [2.24, 2.45) is 0 Å². The summed E-state index contributed by atoms with van der Waals surface area (Å²) in [5.41, 5.74) is -0.613. The fourth-order valence-corrected chi connectivity index (χ4v) is 2.01. The first-order valence-electron chi connectivity index (χ1n) is 6.44. The quantitative estimate of drug-likeness (QED) is 0.871. The Balaban J connectivity index is 2.44. The van der Waals surface area contributed by atoms with Crippen LogP contribution in [0.1, 0.15) is 22.7 Å². The van der Waals surface area contributed by atoms with Crippen LogP contribution in [0.4, 0.5) is 22.0 Å². The van der Waals surface area contributed by atoms with Gasteiger partial charge in [-0.25, -0.2) is 0 Å². The van der Waals surface area contributed by atoms with Gasteiger partial charge in [0.2, 0.25) is 0 Å². The maximum Gasteiger partial charge on any atom is 0.416 e. The summed E-state index contributed by atoms with van der Waals surface area (Å²) in [5.74, 6) is -1.57. The van der Waals surface area contributed by atoms with Crippen molar-refractivity contribution < 1.29 is 26.7 Å². The predicted molar refractivity (Wildman–Crippen MR) is 71.7 cm³/mol. The van der Waals surface area contributed by atoms with E-state index < -0.39 is 30.1 Å². The Kier molecular flexibility index (Phi) is 4.92. The summed E-state index contributed by atoms with van der Waals surface area (Å²) in [6.07, 6.45) is -5.15. The van der Waals surface area contributed by atoms with Gasteiger partial charge in [0.05, 0.1) is 11.6 Å². The molecule has 2 aromatic rings. The fourth-order valence-electron chi connectivity index (χ4n) is 2.01. The Labute approximate surface area is 128 Å². The van der Waals surface area contributed by atoms with E-state index in [2.05, 4.69) is 4.98 Å². The Morgan fingerprint density at radius 1 is 1.09 bits per heavy atom. The molecule has 0 aliphatic carbocycles. The minimum Gasteiger partial charge on any atom is -0.340 e. The van der Waals surface area contributed by atoms with Gasteiger partial charge in [-0.3, -0.25) is 9.78 Å². The van der Waals surface area contributed by atoms with Crippen LogP contribution in [0.15, 0.2) is 48.8 Å². The van der Waals surface area contributed by atoms with Gasteiger partial charge in [0.25, 0.3) is 5.91 Å². The number of benzene rings is 1. The van der Waals surface area contributed by atoms with Crippen molar-refractivity contribution in [3.05, 3.63) is 65.5 Å². The zero-order valence-corrected chi connectivity index (χ0v) is 11.5. The summed E-state index contributed by atoms with van der Waals surface area (Å²) in [4.78, 5) is 15.1. The first-order valence-corrected chi connectivity index (χ1v) is 6.44. The number of hydrogen-bond acceptors (Lipinski definition) is 2. The molecule has 0 saturated carbocycles. The van der Waals surface area contributed by atoms with E-state index in [0.29, 0.717) is 5.56 Å². The van der Waals surface area contributed by atoms with Crippen LogP contribution in [0, 0.1) is 0 Å². The second-order valence-corrected chi connectivity index (χ2v) is 4.65. The molecular formula is C15H11F5N2O. The van der Waals surface area contributed by atoms with Crippen molar-refractivity contribution in [3.63, 3.8) is 0 Å². The van der Waals surface area contributed by atoms with Gasteiger partial charge in [0.1, 0.15) is 0 Å². The van der Waals surface area contributed by atoms with Crippen molar-refractivity contribution in [1.29, 1.82) is 0 Å². The van der Waals surface area contributed by atoms with Crippen molar-refractivity contribution >= 4 is 5.91 Å². The number of nitrogens with zero attached hydrogens (tertiary/aromatic N) is 1. The second kappa shape index (κ2) is 6.72. The number of amides is 1. The number of halogens is 5. The number of aromatic nitrogens is 1. The highest BCUT2D eigenvalue weighted by molar-refractivity contribution is 5.80. The van der Waals surface area contributed by atoms with E-state index in [1.54, 1.807) is 0 Å². The maximum absolute atomic E-state index is 12.8. The smallest absolute Gasteiger partial charge is 0.340 e. The molecule has 0 fully saturated rings. The Morgan fingerprint density at radius 2 is 1.78 bits per heavy atom. The van der Waals surface area contributed by atoms with Crippen molar-refractivity contribution in [3.8, 4) is 0 Å². The molecule has 0 saturated heterocycles. The van der Waals surface area contributed by atoms with Crippen LogP contribution in [0.3, 0.4) is 0 Å². The molecule has 122 valence electrons. The van der Waals surface area contributed by atoms with E-state index in [1.807, 2.05) is 5.32 Å². The minimum atomic E-state index is -4.58. The van der Waals surface area contributed by atoms with Gasteiger partial charge in [-0.05, 0) is 29.3 Å². The lowest BCUT2D eigenvalue weighted by atomic mass is 9.98. The second-order valence-electron chi connectivity index (χ2n) is 4.65. The van der Waals surface area contributed by atoms with E-state index >= 15 is 0 Å². The summed E-state index contributed by atoms with van der Waals surface area (Å²) < 4.78 is 63.4. The van der Waals surface area contributed by atoms with E-state index in [1.165, 1.54) is 30.6 Å². The third-order valence-corrected chi connectivity index (χ3v) is 3.05. The topological polar surface area (TPSA) is 42.0 Å². The predicted octanol–water partition coefficient (Wildman–Crippen LogP) is 3.57. The van der Waals surface area contributed by atoms with E-state index in [-0.39, 0.29) is 5.56 Å². The molecule has 0 unspecified atom stereocenters. The van der Waals surface area contributed by atoms with Gasteiger partial charge in [-0.1, -0.05) is 18.2 Å². The van der Waals surface area contributed by atoms with Crippen LogP contribution < -0.4 is 5.32 Å². The normalized spacial score (nSPS) is 13.0. The third kappa shape index (κ3) is 4.24. The van der Waals surface area contributed by atoms with E-state index in [9.17, 15) is 26.7 Å². The molecule has 0 bridgehead atoms. The SMILES string of the molecule is O=C(N[C@@H](c1cccnc1)c1cccc(C(F)(F)F)c1)C(F)F. The van der Waals surface area contributed by atoms with Crippen LogP contribution in [0.2, 0.25) is 0 Å². The van der Waals surface area contributed by atoms with Crippen molar-refractivity contribution in [2.45, 2.75) is 18.6 Å². The number of nitrogens with one attached hydrogen (secondary N) is 1. The van der Waals surface area contributed by atoms with Crippen LogP contribution in [0.25, 0.3) is 0 Å². The zero-order valence-electron chi connectivity index (χ0n) is 11.5. The Morgan fingerprint density at radius 3 is 2.35 bits per heavy atom. The van der Waals surface area contributed by atoms with Crippen LogP contribution in [0.5, 0.6) is 0 Å². The molecule has 8 heteroatoms. The number of alkyl halides is 5. The number of carbonyl (C=O) groups is 1. The average Bonchev–Trinajstić information content (AvgIpc) is 2.52. The van der Waals surface area contributed by atoms with Gasteiger partial charge in [0, 0.05) is 12.4 Å². The van der Waals surface area contributed by atoms with Gasteiger partial charge in [0.15, 0.2) is 0 Å². The monoisotopic (exact) mass is 330 g/mol. The van der Waals surface area contributed by atoms with Crippen molar-refractivity contribution in [1.82, 2.24) is 10.3 Å². The Bertz CT molecular complexity index is 673. The molecule has 0 spiro atoms. The number of carbonyl (C=O) groups excluding carboxylic acids is 1. The molecule has 3 nitrogen and oxygen atoms in total. The minimum absolute atomic E-state index is 0.0295. The highest BCUT2D eigenvalue weighted by Crippen LogP contribution is 2.32. The molecule has 0 radical (unpaired) electrons. The fraction of sp³-hybridized carbons (Fsp3) is 0.200. The van der Waals surface area contributed by atoms with Crippen LogP contribution in [-0.4, -0.2) is 17.3 Å². The summed E-state index contributed by atoms with van der Waals surface area (Å²) in [5, 5.41) is 2.03. The van der Waals surface area contributed by atoms with Crippen LogP contribution >= 0.6 is 0 Å². The number of pyridine rings is 1. The third-order valence-electron chi connectivity index (χ3n) is 3.05. The van der Waals surface area contributed by atoms with Gasteiger partial charge < -0.3 is 5.32 Å². The van der Waals surface area contributed by atoms with E-state index in [0.717, 1.165) is 18.2 Å². The molecular weight excluding hydrogens is 319 g/mol. The molecule has 0 aliphatic rings. The maximum atomic E-state index is 12.8. The molecule has 1 aromatic heterocycles. The lowest BCUT2D eigenvalue weighted by Crippen LogP contribution is -2.34. The lowest BCUT2D eigenvalue weighted by molar-refractivity contribution is -0.137. The molecule has 0 aliphatic heterocycles. The Hall–Kier alpha value is -2.51. The number of rotatable bonds is 4. The number of hydrogen-bond donors (Lipinski definition) is 1. The van der Waals surface area contributed by atoms with E-state index in [4.69, 9.17) is 0 Å². The van der Waals surface area contributed by atoms with Crippen LogP contribution in [-0.2, 0) is 11.0 Å². The molecule has 2 rings (SSSR count). The molecule has 1 heterocycles. The summed E-state index contributed by atoms with van der Waals surface area (Å²) in [6, 6.07) is 5.94. The average molecular weight is 330 g/mol. The molecule has 1 atom stereocenters. The lowest BCUT2D eigenvalue weighted by Gasteiger charge is -2.20. The largest absolute Gasteiger partial charge is 0.416 e. The van der Waals surface area contributed by atoms with Gasteiger partial charge in [-0.2, -0.15) is 22.0 Å². The molecule has 1 N–H and O–H groups in total. The summed E-state index contributed by atoms with van der Waals surface area (Å²) in [7, 11) is 0.